The topological polar surface area (TPSA) is 83.5 Å². The quantitative estimate of drug-likeness (QED) is 0.694. The number of carboxylic acid groups (broad SMARTS) is 1. The number of hydrogen-bond donors (Lipinski definition) is 3. The molecule has 0 saturated heterocycles. The highest BCUT2D eigenvalue weighted by atomic mass is 16.4. The maximum atomic E-state index is 10.6. The molecule has 4 heteroatoms. The van der Waals surface area contributed by atoms with Crippen molar-refractivity contribution in [3.05, 3.63) is 35.9 Å². The second kappa shape index (κ2) is 5.63. The molecule has 88 valence electrons. The van der Waals surface area contributed by atoms with Crippen molar-refractivity contribution < 1.29 is 15.0 Å². The number of hydrogen-bond acceptors (Lipinski definition) is 3. The molecule has 0 aliphatic rings. The minimum absolute atomic E-state index is 0.0848. The maximum Gasteiger partial charge on any atom is 0.323 e. The summed E-state index contributed by atoms with van der Waals surface area (Å²) in [6.07, 6.45) is -0.676. The summed E-state index contributed by atoms with van der Waals surface area (Å²) < 4.78 is 0. The fraction of sp³-hybridized carbons (Fsp3) is 0.417. The number of aliphatic carboxylic acids is 1. The van der Waals surface area contributed by atoms with Crippen LogP contribution in [0.3, 0.4) is 0 Å². The smallest absolute Gasteiger partial charge is 0.323 e. The normalized spacial score (nSPS) is 16.4. The Morgan fingerprint density at radius 1 is 1.38 bits per heavy atom. The van der Waals surface area contributed by atoms with E-state index in [0.717, 1.165) is 5.56 Å². The molecule has 4 N–H and O–H groups in total. The lowest BCUT2D eigenvalue weighted by atomic mass is 9.92. The molecule has 0 saturated carbocycles. The predicted octanol–water partition coefficient (Wildman–Crippen LogP) is 0.953. The summed E-state index contributed by atoms with van der Waals surface area (Å²) in [4.78, 5) is 10.6. The number of rotatable bonds is 5. The lowest BCUT2D eigenvalue weighted by Crippen LogP contribution is -2.42. The van der Waals surface area contributed by atoms with E-state index >= 15 is 0 Å². The van der Waals surface area contributed by atoms with Crippen LogP contribution in [0.5, 0.6) is 0 Å². The summed E-state index contributed by atoms with van der Waals surface area (Å²) in [5, 5.41) is 18.3. The van der Waals surface area contributed by atoms with E-state index in [1.165, 1.54) is 0 Å². The molecule has 1 rings (SSSR count). The fourth-order valence-electron chi connectivity index (χ4n) is 1.59. The molecule has 0 spiro atoms. The monoisotopic (exact) mass is 223 g/mol. The third kappa shape index (κ3) is 3.32. The van der Waals surface area contributed by atoms with Gasteiger partial charge in [0.1, 0.15) is 6.04 Å². The van der Waals surface area contributed by atoms with Gasteiger partial charge in [-0.2, -0.15) is 0 Å². The van der Waals surface area contributed by atoms with Gasteiger partial charge in [-0.1, -0.05) is 37.3 Å². The Morgan fingerprint density at radius 2 is 1.94 bits per heavy atom. The molecule has 0 amide bonds. The SMILES string of the molecule is CC(C[C@@H](O)[C@H](N)C(=O)O)c1ccccc1. The van der Waals surface area contributed by atoms with Crippen molar-refractivity contribution in [2.75, 3.05) is 0 Å². The van der Waals surface area contributed by atoms with Gasteiger partial charge in [-0.3, -0.25) is 4.79 Å². The Bertz CT molecular complexity index is 339. The van der Waals surface area contributed by atoms with Crippen molar-refractivity contribution in [1.29, 1.82) is 0 Å². The van der Waals surface area contributed by atoms with E-state index in [-0.39, 0.29) is 5.92 Å². The van der Waals surface area contributed by atoms with E-state index in [4.69, 9.17) is 10.8 Å². The maximum absolute atomic E-state index is 10.6. The molecular weight excluding hydrogens is 206 g/mol. The Balaban J connectivity index is 2.58. The van der Waals surface area contributed by atoms with E-state index in [0.29, 0.717) is 6.42 Å². The van der Waals surface area contributed by atoms with Crippen LogP contribution in [0.4, 0.5) is 0 Å². The molecule has 0 fully saturated rings. The lowest BCUT2D eigenvalue weighted by molar-refractivity contribution is -0.141. The summed E-state index contributed by atoms with van der Waals surface area (Å²) in [7, 11) is 0. The van der Waals surface area contributed by atoms with Gasteiger partial charge in [0.25, 0.3) is 0 Å². The summed E-state index contributed by atoms with van der Waals surface area (Å²) in [5.74, 6) is -1.09. The molecule has 0 heterocycles. The number of aliphatic hydroxyl groups excluding tert-OH is 1. The molecule has 16 heavy (non-hydrogen) atoms. The van der Waals surface area contributed by atoms with Crippen LogP contribution in [0, 0.1) is 0 Å². The molecule has 0 aliphatic heterocycles. The molecule has 0 aromatic heterocycles. The van der Waals surface area contributed by atoms with Gasteiger partial charge in [0.15, 0.2) is 0 Å². The van der Waals surface area contributed by atoms with Crippen LogP contribution in [0.25, 0.3) is 0 Å². The molecule has 1 aromatic rings. The van der Waals surface area contributed by atoms with Gasteiger partial charge < -0.3 is 15.9 Å². The van der Waals surface area contributed by atoms with Gasteiger partial charge in [-0.05, 0) is 17.9 Å². The highest BCUT2D eigenvalue weighted by molar-refractivity contribution is 5.73. The molecule has 1 unspecified atom stereocenters. The first-order valence-electron chi connectivity index (χ1n) is 5.23. The minimum atomic E-state index is -1.22. The van der Waals surface area contributed by atoms with Crippen LogP contribution < -0.4 is 5.73 Å². The van der Waals surface area contributed by atoms with E-state index in [1.54, 1.807) is 0 Å². The van der Waals surface area contributed by atoms with E-state index in [2.05, 4.69) is 0 Å². The van der Waals surface area contributed by atoms with Crippen LogP contribution in [-0.4, -0.2) is 28.3 Å². The van der Waals surface area contributed by atoms with Crippen LogP contribution in [0.2, 0.25) is 0 Å². The summed E-state index contributed by atoms with van der Waals surface area (Å²) in [6.45, 7) is 1.94. The van der Waals surface area contributed by atoms with E-state index < -0.39 is 18.1 Å². The molecule has 0 radical (unpaired) electrons. The van der Waals surface area contributed by atoms with Crippen molar-refractivity contribution in [2.45, 2.75) is 31.4 Å². The first-order valence-corrected chi connectivity index (χ1v) is 5.23. The zero-order valence-corrected chi connectivity index (χ0v) is 9.21. The highest BCUT2D eigenvalue weighted by Crippen LogP contribution is 2.20. The van der Waals surface area contributed by atoms with Gasteiger partial charge >= 0.3 is 5.97 Å². The molecule has 1 aromatic carbocycles. The number of carbonyl (C=O) groups is 1. The Labute approximate surface area is 94.7 Å². The molecular formula is C12H17NO3. The summed E-state index contributed by atoms with van der Waals surface area (Å²) >= 11 is 0. The number of aliphatic hydroxyl groups is 1. The van der Waals surface area contributed by atoms with Crippen molar-refractivity contribution in [1.82, 2.24) is 0 Å². The average Bonchev–Trinajstić information content (AvgIpc) is 2.28. The van der Waals surface area contributed by atoms with Crippen LogP contribution in [-0.2, 0) is 4.79 Å². The van der Waals surface area contributed by atoms with Crippen molar-refractivity contribution in [3.8, 4) is 0 Å². The largest absolute Gasteiger partial charge is 0.480 e. The van der Waals surface area contributed by atoms with Crippen molar-refractivity contribution in [2.24, 2.45) is 5.73 Å². The van der Waals surface area contributed by atoms with Crippen LogP contribution in [0.1, 0.15) is 24.8 Å². The molecule has 0 aliphatic carbocycles. The zero-order valence-electron chi connectivity index (χ0n) is 9.21. The molecule has 3 atom stereocenters. The first kappa shape index (κ1) is 12.7. The predicted molar refractivity (Wildman–Crippen MR) is 61.1 cm³/mol. The first-order chi connectivity index (χ1) is 7.52. The minimum Gasteiger partial charge on any atom is -0.480 e. The number of nitrogens with two attached hydrogens (primary N) is 1. The lowest BCUT2D eigenvalue weighted by Gasteiger charge is -2.19. The molecule has 0 bridgehead atoms. The van der Waals surface area contributed by atoms with Gasteiger partial charge in [0, 0.05) is 0 Å². The van der Waals surface area contributed by atoms with Crippen molar-refractivity contribution in [3.63, 3.8) is 0 Å². The third-order valence-corrected chi connectivity index (χ3v) is 2.66. The molecule has 4 nitrogen and oxygen atoms in total. The average molecular weight is 223 g/mol. The Morgan fingerprint density at radius 3 is 2.44 bits per heavy atom. The van der Waals surface area contributed by atoms with E-state index in [1.807, 2.05) is 37.3 Å². The number of carboxylic acids is 1. The van der Waals surface area contributed by atoms with E-state index in [9.17, 15) is 9.90 Å². The second-order valence-corrected chi connectivity index (χ2v) is 3.98. The van der Waals surface area contributed by atoms with Gasteiger partial charge in [-0.15, -0.1) is 0 Å². The van der Waals surface area contributed by atoms with Crippen molar-refractivity contribution >= 4 is 5.97 Å². The van der Waals surface area contributed by atoms with Crippen LogP contribution >= 0.6 is 0 Å². The van der Waals surface area contributed by atoms with Gasteiger partial charge in [0.05, 0.1) is 6.10 Å². The highest BCUT2D eigenvalue weighted by Gasteiger charge is 2.23. The summed E-state index contributed by atoms with van der Waals surface area (Å²) in [5.41, 5.74) is 6.41. The zero-order chi connectivity index (χ0) is 12.1. The fourth-order valence-corrected chi connectivity index (χ4v) is 1.59. The number of benzene rings is 1. The second-order valence-electron chi connectivity index (χ2n) is 3.98. The Kier molecular flexibility index (Phi) is 4.46. The van der Waals surface area contributed by atoms with Crippen LogP contribution in [0.15, 0.2) is 30.3 Å². The van der Waals surface area contributed by atoms with Gasteiger partial charge in [0.2, 0.25) is 0 Å². The standard InChI is InChI=1S/C12H17NO3/c1-8(9-5-3-2-4-6-9)7-10(14)11(13)12(15)16/h2-6,8,10-11,14H,7,13H2,1H3,(H,15,16)/t8?,10-,11+/m1/s1. The Hall–Kier alpha value is -1.39. The summed E-state index contributed by atoms with van der Waals surface area (Å²) in [6, 6.07) is 8.42. The third-order valence-electron chi connectivity index (χ3n) is 2.66. The van der Waals surface area contributed by atoms with Gasteiger partial charge in [-0.25, -0.2) is 0 Å².